The highest BCUT2D eigenvalue weighted by atomic mass is 16.5. The summed E-state index contributed by atoms with van der Waals surface area (Å²) in [5.74, 6) is 0.498. The van der Waals surface area contributed by atoms with Crippen LogP contribution in [0.1, 0.15) is 22.8 Å². The fraction of sp³-hybridized carbons (Fsp3) is 0.158. The predicted octanol–water partition coefficient (Wildman–Crippen LogP) is 3.71. The van der Waals surface area contributed by atoms with Gasteiger partial charge in [-0.25, -0.2) is 4.79 Å². The molecule has 0 unspecified atom stereocenters. The van der Waals surface area contributed by atoms with Gasteiger partial charge in [-0.05, 0) is 36.2 Å². The van der Waals surface area contributed by atoms with Gasteiger partial charge in [-0.1, -0.05) is 31.2 Å². The van der Waals surface area contributed by atoms with Crippen LogP contribution in [0.2, 0.25) is 0 Å². The molecule has 1 heterocycles. The van der Waals surface area contributed by atoms with Gasteiger partial charge in [0.25, 0.3) is 0 Å². The molecule has 1 aromatic heterocycles. The van der Waals surface area contributed by atoms with Gasteiger partial charge >= 0.3 is 5.97 Å². The number of carbonyl (C=O) groups excluding carboxylic acids is 1. The van der Waals surface area contributed by atoms with E-state index in [9.17, 15) is 4.79 Å². The third-order valence-electron chi connectivity index (χ3n) is 3.76. The zero-order chi connectivity index (χ0) is 18.4. The van der Waals surface area contributed by atoms with Crippen molar-refractivity contribution >= 4 is 29.1 Å². The Balaban J connectivity index is 1.78. The van der Waals surface area contributed by atoms with Gasteiger partial charge in [0.2, 0.25) is 5.95 Å². The second-order valence-corrected chi connectivity index (χ2v) is 5.50. The highest BCUT2D eigenvalue weighted by molar-refractivity contribution is 5.90. The molecule has 0 radical (unpaired) electrons. The van der Waals surface area contributed by atoms with E-state index >= 15 is 0 Å². The molecule has 0 fully saturated rings. The number of hydrogen-bond acceptors (Lipinski definition) is 7. The molecule has 0 saturated heterocycles. The number of ether oxygens (including phenoxy) is 1. The van der Waals surface area contributed by atoms with E-state index < -0.39 is 5.97 Å². The number of aromatic nitrogens is 3. The van der Waals surface area contributed by atoms with Crippen LogP contribution in [0, 0.1) is 0 Å². The van der Waals surface area contributed by atoms with Gasteiger partial charge in [0.05, 0.1) is 18.9 Å². The Morgan fingerprint density at radius 2 is 1.96 bits per heavy atom. The molecule has 0 saturated carbocycles. The predicted molar refractivity (Wildman–Crippen MR) is 100.0 cm³/mol. The zero-order valence-electron chi connectivity index (χ0n) is 14.6. The van der Waals surface area contributed by atoms with E-state index in [-0.39, 0.29) is 0 Å². The number of para-hydroxylation sites is 1. The summed E-state index contributed by atoms with van der Waals surface area (Å²) in [7, 11) is 1.35. The molecular formula is C19H19N5O2. The largest absolute Gasteiger partial charge is 0.465 e. The Kier molecular flexibility index (Phi) is 5.38. The lowest BCUT2D eigenvalue weighted by atomic mass is 10.1. The van der Waals surface area contributed by atoms with E-state index in [4.69, 9.17) is 4.74 Å². The monoisotopic (exact) mass is 349 g/mol. The van der Waals surface area contributed by atoms with Crippen molar-refractivity contribution in [2.24, 2.45) is 0 Å². The Morgan fingerprint density at radius 3 is 2.77 bits per heavy atom. The van der Waals surface area contributed by atoms with Gasteiger partial charge in [0.1, 0.15) is 0 Å². The topological polar surface area (TPSA) is 89.0 Å². The summed E-state index contributed by atoms with van der Waals surface area (Å²) in [6.45, 7) is 2.10. The smallest absolute Gasteiger partial charge is 0.337 e. The number of rotatable bonds is 6. The van der Waals surface area contributed by atoms with E-state index in [1.807, 2.05) is 24.3 Å². The fourth-order valence-electron chi connectivity index (χ4n) is 2.48. The van der Waals surface area contributed by atoms with Crippen LogP contribution in [0.25, 0.3) is 0 Å². The van der Waals surface area contributed by atoms with Crippen LogP contribution in [0.4, 0.5) is 23.1 Å². The number of anilines is 4. The highest BCUT2D eigenvalue weighted by Gasteiger charge is 2.08. The minimum atomic E-state index is -0.403. The summed E-state index contributed by atoms with van der Waals surface area (Å²) in [6.07, 6.45) is 2.47. The summed E-state index contributed by atoms with van der Waals surface area (Å²) in [6, 6.07) is 14.9. The first-order chi connectivity index (χ1) is 12.7. The van der Waals surface area contributed by atoms with Crippen LogP contribution in [-0.2, 0) is 11.2 Å². The Labute approximate surface area is 151 Å². The number of hydrogen-bond donors (Lipinski definition) is 2. The molecule has 0 aliphatic heterocycles. The molecule has 7 nitrogen and oxygen atoms in total. The van der Waals surface area contributed by atoms with Crippen LogP contribution in [0.3, 0.4) is 0 Å². The first-order valence-electron chi connectivity index (χ1n) is 8.19. The summed E-state index contributed by atoms with van der Waals surface area (Å²) in [4.78, 5) is 16.1. The van der Waals surface area contributed by atoms with Crippen molar-refractivity contribution in [2.45, 2.75) is 13.3 Å². The molecule has 7 heteroatoms. The molecule has 132 valence electrons. The Hall–Kier alpha value is -3.48. The maximum absolute atomic E-state index is 11.6. The molecule has 0 spiro atoms. The van der Waals surface area contributed by atoms with Crippen molar-refractivity contribution in [1.82, 2.24) is 15.2 Å². The molecule has 26 heavy (non-hydrogen) atoms. The number of carbonyl (C=O) groups is 1. The number of benzene rings is 2. The zero-order valence-corrected chi connectivity index (χ0v) is 14.6. The number of methoxy groups -OCH3 is 1. The van der Waals surface area contributed by atoms with Crippen LogP contribution in [0.15, 0.2) is 54.7 Å². The van der Waals surface area contributed by atoms with Gasteiger partial charge < -0.3 is 15.4 Å². The first-order valence-corrected chi connectivity index (χ1v) is 8.19. The third-order valence-corrected chi connectivity index (χ3v) is 3.76. The minimum Gasteiger partial charge on any atom is -0.465 e. The standard InChI is InChI=1S/C19H19N5O2/c1-3-13-7-4-5-10-16(13)22-17-12-20-24-19(23-17)21-15-9-6-8-14(11-15)18(25)26-2/h4-12H,3H2,1-2H3,(H2,21,22,23,24). The SMILES string of the molecule is CCc1ccccc1Nc1cnnc(Nc2cccc(C(=O)OC)c2)n1. The van der Waals surface area contributed by atoms with Crippen LogP contribution < -0.4 is 10.6 Å². The average Bonchev–Trinajstić information content (AvgIpc) is 2.68. The second kappa shape index (κ2) is 8.06. The van der Waals surface area contributed by atoms with Crippen molar-refractivity contribution in [3.63, 3.8) is 0 Å². The molecule has 2 N–H and O–H groups in total. The van der Waals surface area contributed by atoms with Crippen LogP contribution >= 0.6 is 0 Å². The molecule has 0 atom stereocenters. The molecule has 0 bridgehead atoms. The van der Waals surface area contributed by atoms with Gasteiger partial charge in [0, 0.05) is 11.4 Å². The summed E-state index contributed by atoms with van der Waals surface area (Å²) < 4.78 is 4.73. The Morgan fingerprint density at radius 1 is 1.12 bits per heavy atom. The van der Waals surface area contributed by atoms with Gasteiger partial charge in [0.15, 0.2) is 5.82 Å². The molecule has 2 aromatic carbocycles. The van der Waals surface area contributed by atoms with Crippen LogP contribution in [0.5, 0.6) is 0 Å². The second-order valence-electron chi connectivity index (χ2n) is 5.50. The molecule has 0 amide bonds. The quantitative estimate of drug-likeness (QED) is 0.656. The normalized spacial score (nSPS) is 10.2. The van der Waals surface area contributed by atoms with E-state index in [1.54, 1.807) is 24.4 Å². The minimum absolute atomic E-state index is 0.325. The van der Waals surface area contributed by atoms with E-state index in [0.717, 1.165) is 12.1 Å². The van der Waals surface area contributed by atoms with Crippen molar-refractivity contribution in [2.75, 3.05) is 17.7 Å². The lowest BCUT2D eigenvalue weighted by Gasteiger charge is -2.11. The number of nitrogens with zero attached hydrogens (tertiary/aromatic N) is 3. The third kappa shape index (κ3) is 4.13. The number of aryl methyl sites for hydroxylation is 1. The van der Waals surface area contributed by atoms with Gasteiger partial charge in [-0.3, -0.25) is 0 Å². The highest BCUT2D eigenvalue weighted by Crippen LogP contribution is 2.21. The molecule has 3 rings (SSSR count). The molecule has 3 aromatic rings. The van der Waals surface area contributed by atoms with Gasteiger partial charge in [-0.15, -0.1) is 5.10 Å². The first kappa shape index (κ1) is 17.3. The summed E-state index contributed by atoms with van der Waals surface area (Å²) in [5.41, 5.74) is 3.28. The fourth-order valence-corrected chi connectivity index (χ4v) is 2.48. The Bertz CT molecular complexity index is 914. The summed E-state index contributed by atoms with van der Waals surface area (Å²) in [5, 5.41) is 14.3. The summed E-state index contributed by atoms with van der Waals surface area (Å²) >= 11 is 0. The number of nitrogens with one attached hydrogen (secondary N) is 2. The maximum atomic E-state index is 11.6. The van der Waals surface area contributed by atoms with Gasteiger partial charge in [-0.2, -0.15) is 10.1 Å². The van der Waals surface area contributed by atoms with E-state index in [0.29, 0.717) is 23.0 Å². The number of esters is 1. The average molecular weight is 349 g/mol. The molecule has 0 aliphatic carbocycles. The maximum Gasteiger partial charge on any atom is 0.337 e. The molecular weight excluding hydrogens is 330 g/mol. The van der Waals surface area contributed by atoms with E-state index in [1.165, 1.54) is 12.7 Å². The van der Waals surface area contributed by atoms with Crippen molar-refractivity contribution in [3.05, 3.63) is 65.9 Å². The van der Waals surface area contributed by atoms with Crippen LogP contribution in [-0.4, -0.2) is 28.3 Å². The van der Waals surface area contributed by atoms with Crippen molar-refractivity contribution in [1.29, 1.82) is 0 Å². The van der Waals surface area contributed by atoms with Crippen molar-refractivity contribution in [3.8, 4) is 0 Å². The lowest BCUT2D eigenvalue weighted by molar-refractivity contribution is 0.0601. The lowest BCUT2D eigenvalue weighted by Crippen LogP contribution is -2.05. The van der Waals surface area contributed by atoms with Crippen molar-refractivity contribution < 1.29 is 9.53 Å². The van der Waals surface area contributed by atoms with E-state index in [2.05, 4.69) is 38.8 Å². The molecule has 0 aliphatic rings.